The van der Waals surface area contributed by atoms with Crippen molar-refractivity contribution in [1.82, 2.24) is 34.5 Å². The van der Waals surface area contributed by atoms with Crippen LogP contribution in [0.15, 0.2) is 88.5 Å². The summed E-state index contributed by atoms with van der Waals surface area (Å²) in [6.07, 6.45) is 0.204. The molecule has 12 nitrogen and oxygen atoms in total. The minimum atomic E-state index is -1.28. The first-order valence-electron chi connectivity index (χ1n) is 15.9. The predicted octanol–water partition coefficient (Wildman–Crippen LogP) is 5.03. The van der Waals surface area contributed by atoms with Gasteiger partial charge in [0.05, 0.1) is 0 Å². The molecule has 4 heterocycles. The first-order valence-corrected chi connectivity index (χ1v) is 15.9. The normalized spacial score (nSPS) is 11.1. The van der Waals surface area contributed by atoms with E-state index in [2.05, 4.69) is 25.5 Å². The zero-order valence-corrected chi connectivity index (χ0v) is 28.0. The number of carboxylic acid groups (broad SMARTS) is 1. The Hall–Kier alpha value is -6.84. The highest BCUT2D eigenvalue weighted by Crippen LogP contribution is 2.16. The largest absolute Gasteiger partial charge is 0.475 e. The lowest BCUT2D eigenvalue weighted by atomic mass is 10.0. The molecule has 0 fully saturated rings. The number of benzene rings is 3. The van der Waals surface area contributed by atoms with E-state index in [1.807, 2.05) is 30.3 Å². The molecule has 4 N–H and O–H groups in total. The number of carbonyl (C=O) groups is 2. The SMILES string of the molecule is Cc1cc(Cc2ccc(F)c(F)c2)c(=O)n2[nH]c(C(=O)NCc3ccccc3)nc12.Cc1cc(Cc2ccc(F)c(F)c2)c(=O)n2[nH]c(C(=O)O)nc12. The second-order valence-corrected chi connectivity index (χ2v) is 12.1. The van der Waals surface area contributed by atoms with Crippen molar-refractivity contribution in [2.75, 3.05) is 0 Å². The van der Waals surface area contributed by atoms with Gasteiger partial charge in [-0.05, 0) is 78.1 Å². The summed E-state index contributed by atoms with van der Waals surface area (Å²) >= 11 is 0. The van der Waals surface area contributed by atoms with Crippen LogP contribution in [0.25, 0.3) is 11.3 Å². The van der Waals surface area contributed by atoms with E-state index in [1.165, 1.54) is 16.6 Å². The Morgan fingerprint density at radius 2 is 1.13 bits per heavy atom. The molecule has 4 aromatic heterocycles. The van der Waals surface area contributed by atoms with Crippen molar-refractivity contribution < 1.29 is 32.3 Å². The summed E-state index contributed by atoms with van der Waals surface area (Å²) in [5.74, 6) is -5.93. The molecular weight excluding hydrogens is 698 g/mol. The van der Waals surface area contributed by atoms with Crippen molar-refractivity contribution in [3.05, 3.63) is 173 Å². The Morgan fingerprint density at radius 1 is 0.660 bits per heavy atom. The fraction of sp³-hybridized carbons (Fsp3) is 0.135. The zero-order valence-electron chi connectivity index (χ0n) is 28.0. The third kappa shape index (κ3) is 7.75. The Labute approximate surface area is 296 Å². The van der Waals surface area contributed by atoms with E-state index < -0.39 is 46.3 Å². The molecule has 0 saturated heterocycles. The first kappa shape index (κ1) is 36.0. The predicted molar refractivity (Wildman–Crippen MR) is 184 cm³/mol. The van der Waals surface area contributed by atoms with Crippen LogP contribution in [0.3, 0.4) is 0 Å². The Kier molecular flexibility index (Phi) is 10.0. The number of H-pyrrole nitrogens is 2. The van der Waals surface area contributed by atoms with Gasteiger partial charge in [-0.15, -0.1) is 0 Å². The van der Waals surface area contributed by atoms with E-state index in [-0.39, 0.29) is 30.1 Å². The standard InChI is InChI=1S/C22H18F2N4O2.C15H11F2N3O3/c1-13-9-16(10-15-7-8-17(23)18(24)11-15)22(30)28-20(13)26-19(27-28)21(29)25-12-14-5-3-2-4-6-14;1-7-4-9(5-8-2-3-10(16)11(17)6-8)14(21)20-13(7)18-12(19-20)15(22)23/h2-9,11H,10,12H2,1H3,(H,25,29)(H,26,27);2-4,6H,5H2,1H3,(H,18,19)(H,22,23). The molecule has 0 saturated carbocycles. The Balaban J connectivity index is 0.000000188. The summed E-state index contributed by atoms with van der Waals surface area (Å²) in [6.45, 7) is 3.76. The van der Waals surface area contributed by atoms with Crippen LogP contribution in [-0.4, -0.2) is 46.2 Å². The van der Waals surface area contributed by atoms with Gasteiger partial charge in [-0.2, -0.15) is 9.03 Å². The molecule has 0 aliphatic rings. The topological polar surface area (TPSA) is 167 Å². The van der Waals surface area contributed by atoms with Crippen LogP contribution in [0.5, 0.6) is 0 Å². The number of pyridine rings is 2. The lowest BCUT2D eigenvalue weighted by Gasteiger charge is -2.05. The van der Waals surface area contributed by atoms with Gasteiger partial charge < -0.3 is 10.4 Å². The van der Waals surface area contributed by atoms with E-state index >= 15 is 0 Å². The first-order chi connectivity index (χ1) is 25.3. The molecule has 7 rings (SSSR count). The molecule has 0 unspecified atom stereocenters. The number of carbonyl (C=O) groups excluding carboxylic acids is 1. The fourth-order valence-electron chi connectivity index (χ4n) is 5.62. The lowest BCUT2D eigenvalue weighted by Crippen LogP contribution is -2.25. The van der Waals surface area contributed by atoms with Gasteiger partial charge >= 0.3 is 5.97 Å². The second-order valence-electron chi connectivity index (χ2n) is 12.1. The number of amides is 1. The maximum atomic E-state index is 13.5. The smallest absolute Gasteiger partial charge is 0.373 e. The summed E-state index contributed by atoms with van der Waals surface area (Å²) in [4.78, 5) is 56.7. The number of nitrogens with zero attached hydrogens (tertiary/aromatic N) is 4. The molecule has 1 amide bonds. The summed E-state index contributed by atoms with van der Waals surface area (Å²) in [5.41, 5.74) is 3.41. The number of aromatic carboxylic acids is 1. The van der Waals surface area contributed by atoms with Crippen LogP contribution in [0.1, 0.15) is 60.2 Å². The molecule has 0 atom stereocenters. The van der Waals surface area contributed by atoms with Crippen LogP contribution >= 0.6 is 0 Å². The van der Waals surface area contributed by atoms with E-state index in [1.54, 1.807) is 26.0 Å². The molecule has 0 spiro atoms. The van der Waals surface area contributed by atoms with E-state index in [4.69, 9.17) is 5.11 Å². The monoisotopic (exact) mass is 727 g/mol. The number of carboxylic acids is 1. The van der Waals surface area contributed by atoms with Crippen molar-refractivity contribution in [2.45, 2.75) is 33.2 Å². The third-order valence-electron chi connectivity index (χ3n) is 8.21. The van der Waals surface area contributed by atoms with Crippen LogP contribution in [0, 0.1) is 37.1 Å². The number of hydrogen-bond donors (Lipinski definition) is 4. The molecule has 16 heteroatoms. The number of rotatable bonds is 8. The highest BCUT2D eigenvalue weighted by molar-refractivity contribution is 5.91. The summed E-state index contributed by atoms with van der Waals surface area (Å²) in [6, 6.07) is 19.5. The fourth-order valence-corrected chi connectivity index (χ4v) is 5.62. The lowest BCUT2D eigenvalue weighted by molar-refractivity contribution is 0.0683. The van der Waals surface area contributed by atoms with Gasteiger partial charge in [-0.25, -0.2) is 32.3 Å². The average Bonchev–Trinajstić information content (AvgIpc) is 3.80. The molecular formula is C37H29F4N7O5. The van der Waals surface area contributed by atoms with Gasteiger partial charge in [0.1, 0.15) is 0 Å². The average molecular weight is 728 g/mol. The Morgan fingerprint density at radius 3 is 1.60 bits per heavy atom. The number of nitrogens with one attached hydrogen (secondary N) is 3. The number of halogens is 4. The minimum absolute atomic E-state index is 0.0103. The molecule has 3 aromatic carbocycles. The Bertz CT molecular complexity index is 2650. The van der Waals surface area contributed by atoms with E-state index in [9.17, 15) is 36.7 Å². The van der Waals surface area contributed by atoms with E-state index in [0.717, 1.165) is 34.3 Å². The van der Waals surface area contributed by atoms with Crippen molar-refractivity contribution >= 4 is 23.2 Å². The van der Waals surface area contributed by atoms with Crippen LogP contribution < -0.4 is 16.4 Å². The van der Waals surface area contributed by atoms with Gasteiger partial charge in [0.25, 0.3) is 17.0 Å². The van der Waals surface area contributed by atoms with Crippen molar-refractivity contribution in [3.8, 4) is 0 Å². The van der Waals surface area contributed by atoms with Crippen molar-refractivity contribution in [3.63, 3.8) is 0 Å². The maximum absolute atomic E-state index is 13.5. The van der Waals surface area contributed by atoms with Crippen LogP contribution in [0.2, 0.25) is 0 Å². The number of aromatic nitrogens is 6. The molecule has 7 aromatic rings. The summed E-state index contributed by atoms with van der Waals surface area (Å²) < 4.78 is 55.1. The van der Waals surface area contributed by atoms with Gasteiger partial charge in [-0.3, -0.25) is 24.6 Å². The highest BCUT2D eigenvalue weighted by atomic mass is 19.2. The van der Waals surface area contributed by atoms with Gasteiger partial charge in [0, 0.05) is 30.5 Å². The highest BCUT2D eigenvalue weighted by Gasteiger charge is 2.18. The molecule has 0 aliphatic heterocycles. The zero-order chi connectivity index (χ0) is 38.0. The summed E-state index contributed by atoms with van der Waals surface area (Å²) in [7, 11) is 0. The number of hydrogen-bond acceptors (Lipinski definition) is 6. The van der Waals surface area contributed by atoms with Crippen LogP contribution in [0.4, 0.5) is 17.6 Å². The molecule has 0 radical (unpaired) electrons. The quantitative estimate of drug-likeness (QED) is 0.159. The number of aromatic amines is 2. The number of aryl methyl sites for hydroxylation is 2. The molecule has 0 bridgehead atoms. The molecule has 270 valence electrons. The minimum Gasteiger partial charge on any atom is -0.475 e. The second kappa shape index (κ2) is 14.8. The van der Waals surface area contributed by atoms with Crippen LogP contribution in [-0.2, 0) is 19.4 Å². The van der Waals surface area contributed by atoms with Gasteiger partial charge in [0.2, 0.25) is 11.6 Å². The third-order valence-corrected chi connectivity index (χ3v) is 8.21. The van der Waals surface area contributed by atoms with Gasteiger partial charge in [0.15, 0.2) is 34.6 Å². The van der Waals surface area contributed by atoms with E-state index in [0.29, 0.717) is 45.6 Å². The maximum Gasteiger partial charge on any atom is 0.373 e. The van der Waals surface area contributed by atoms with Gasteiger partial charge in [-0.1, -0.05) is 42.5 Å². The number of fused-ring (bicyclic) bond motifs is 2. The summed E-state index contributed by atoms with van der Waals surface area (Å²) in [5, 5.41) is 16.8. The van der Waals surface area contributed by atoms with Crippen molar-refractivity contribution in [2.24, 2.45) is 0 Å². The molecule has 53 heavy (non-hydrogen) atoms. The van der Waals surface area contributed by atoms with Crippen molar-refractivity contribution in [1.29, 1.82) is 0 Å². The molecule has 0 aliphatic carbocycles.